The van der Waals surface area contributed by atoms with Crippen molar-refractivity contribution in [2.45, 2.75) is 6.92 Å². The summed E-state index contributed by atoms with van der Waals surface area (Å²) in [5, 5.41) is 8.99. The molecule has 1 aromatic rings. The number of aliphatic hydroxyl groups is 1. The standard InChI is InChI=1S/C13H19N3O/c1-2-15(9-10-17)12-3-5-13(6-4-12)16-8-7-14-11-16/h3-6,11,17H,2,7-10H2,1H3. The van der Waals surface area contributed by atoms with Gasteiger partial charge in [-0.05, 0) is 31.2 Å². The molecule has 0 aliphatic carbocycles. The maximum absolute atomic E-state index is 8.99. The predicted octanol–water partition coefficient (Wildman–Crippen LogP) is 1.35. The van der Waals surface area contributed by atoms with E-state index in [2.05, 4.69) is 46.0 Å². The van der Waals surface area contributed by atoms with Crippen LogP contribution in [0.4, 0.5) is 11.4 Å². The first kappa shape index (κ1) is 11.9. The van der Waals surface area contributed by atoms with E-state index in [1.54, 1.807) is 0 Å². The molecule has 0 fully saturated rings. The molecule has 0 bridgehead atoms. The molecule has 92 valence electrons. The third kappa shape index (κ3) is 2.77. The average molecular weight is 233 g/mol. The van der Waals surface area contributed by atoms with E-state index >= 15 is 0 Å². The molecule has 1 aliphatic heterocycles. The van der Waals surface area contributed by atoms with E-state index in [1.165, 1.54) is 5.69 Å². The molecule has 4 nitrogen and oxygen atoms in total. The van der Waals surface area contributed by atoms with Gasteiger partial charge in [0.05, 0.1) is 19.5 Å². The van der Waals surface area contributed by atoms with Crippen molar-refractivity contribution in [2.24, 2.45) is 4.99 Å². The number of aliphatic imine (C=N–C) groups is 1. The van der Waals surface area contributed by atoms with Gasteiger partial charge in [0.1, 0.15) is 0 Å². The first-order chi connectivity index (χ1) is 8.35. The van der Waals surface area contributed by atoms with Crippen LogP contribution in [-0.4, -0.2) is 44.2 Å². The van der Waals surface area contributed by atoms with E-state index in [-0.39, 0.29) is 6.61 Å². The van der Waals surface area contributed by atoms with Crippen molar-refractivity contribution in [1.82, 2.24) is 0 Å². The molecule has 0 saturated heterocycles. The van der Waals surface area contributed by atoms with E-state index in [9.17, 15) is 0 Å². The number of hydrogen-bond acceptors (Lipinski definition) is 4. The molecule has 0 radical (unpaired) electrons. The Balaban J connectivity index is 2.08. The molecule has 4 heteroatoms. The van der Waals surface area contributed by atoms with Crippen molar-refractivity contribution in [3.05, 3.63) is 24.3 Å². The summed E-state index contributed by atoms with van der Waals surface area (Å²) in [6, 6.07) is 8.40. The van der Waals surface area contributed by atoms with Gasteiger partial charge in [0.15, 0.2) is 0 Å². The highest BCUT2D eigenvalue weighted by Gasteiger charge is 2.09. The summed E-state index contributed by atoms with van der Waals surface area (Å²) < 4.78 is 0. The molecule has 0 unspecified atom stereocenters. The van der Waals surface area contributed by atoms with E-state index in [4.69, 9.17) is 5.11 Å². The third-order valence-corrected chi connectivity index (χ3v) is 2.99. The van der Waals surface area contributed by atoms with Gasteiger partial charge in [0.2, 0.25) is 0 Å². The SMILES string of the molecule is CCN(CCO)c1ccc(N2C=NCC2)cc1. The lowest BCUT2D eigenvalue weighted by atomic mass is 10.2. The number of aliphatic hydroxyl groups excluding tert-OH is 1. The first-order valence-electron chi connectivity index (χ1n) is 6.07. The number of anilines is 2. The summed E-state index contributed by atoms with van der Waals surface area (Å²) in [6.45, 7) is 5.72. The van der Waals surface area contributed by atoms with Crippen LogP contribution in [-0.2, 0) is 0 Å². The summed E-state index contributed by atoms with van der Waals surface area (Å²) in [4.78, 5) is 8.50. The largest absolute Gasteiger partial charge is 0.395 e. The summed E-state index contributed by atoms with van der Waals surface area (Å²) in [7, 11) is 0. The minimum Gasteiger partial charge on any atom is -0.395 e. The Labute approximate surface area is 102 Å². The second-order valence-electron chi connectivity index (χ2n) is 4.03. The zero-order chi connectivity index (χ0) is 12.1. The van der Waals surface area contributed by atoms with Gasteiger partial charge in [0.25, 0.3) is 0 Å². The Kier molecular flexibility index (Phi) is 3.98. The lowest BCUT2D eigenvalue weighted by molar-refractivity contribution is 0.302. The van der Waals surface area contributed by atoms with Gasteiger partial charge in [-0.25, -0.2) is 0 Å². The Hall–Kier alpha value is -1.55. The molecule has 1 aliphatic rings. The van der Waals surface area contributed by atoms with E-state index in [1.807, 2.05) is 6.34 Å². The van der Waals surface area contributed by atoms with Crippen LogP contribution in [0.2, 0.25) is 0 Å². The van der Waals surface area contributed by atoms with E-state index in [0.29, 0.717) is 6.54 Å². The zero-order valence-electron chi connectivity index (χ0n) is 10.2. The fraction of sp³-hybridized carbons (Fsp3) is 0.462. The Morgan fingerprint density at radius 2 is 2.12 bits per heavy atom. The normalized spacial score (nSPS) is 14.4. The highest BCUT2D eigenvalue weighted by atomic mass is 16.3. The number of rotatable bonds is 5. The lowest BCUT2D eigenvalue weighted by Crippen LogP contribution is -2.26. The van der Waals surface area contributed by atoms with Gasteiger partial charge in [-0.1, -0.05) is 0 Å². The average Bonchev–Trinajstić information content (AvgIpc) is 2.90. The van der Waals surface area contributed by atoms with Crippen molar-refractivity contribution < 1.29 is 5.11 Å². The highest BCUT2D eigenvalue weighted by molar-refractivity contribution is 5.81. The van der Waals surface area contributed by atoms with Crippen LogP contribution >= 0.6 is 0 Å². The summed E-state index contributed by atoms with van der Waals surface area (Å²) in [5.41, 5.74) is 2.33. The van der Waals surface area contributed by atoms with Crippen LogP contribution in [0.1, 0.15) is 6.92 Å². The smallest absolute Gasteiger partial charge is 0.0895 e. The molecule has 17 heavy (non-hydrogen) atoms. The fourth-order valence-electron chi connectivity index (χ4n) is 2.02. The third-order valence-electron chi connectivity index (χ3n) is 2.99. The quantitative estimate of drug-likeness (QED) is 0.834. The van der Waals surface area contributed by atoms with Gasteiger partial charge in [-0.2, -0.15) is 0 Å². The van der Waals surface area contributed by atoms with Gasteiger partial charge in [-0.3, -0.25) is 4.99 Å². The zero-order valence-corrected chi connectivity index (χ0v) is 10.2. The van der Waals surface area contributed by atoms with Gasteiger partial charge in [-0.15, -0.1) is 0 Å². The molecule has 2 rings (SSSR count). The molecule has 0 aromatic heterocycles. The molecule has 0 atom stereocenters. The maximum Gasteiger partial charge on any atom is 0.0895 e. The molecular formula is C13H19N3O. The summed E-state index contributed by atoms with van der Waals surface area (Å²) in [6.07, 6.45) is 1.89. The molecule has 1 heterocycles. The predicted molar refractivity (Wildman–Crippen MR) is 72.1 cm³/mol. The molecular weight excluding hydrogens is 214 g/mol. The molecule has 1 N–H and O–H groups in total. The van der Waals surface area contributed by atoms with Crippen molar-refractivity contribution >= 4 is 17.7 Å². The Morgan fingerprint density at radius 3 is 2.65 bits per heavy atom. The summed E-state index contributed by atoms with van der Waals surface area (Å²) in [5.74, 6) is 0. The van der Waals surface area contributed by atoms with Crippen molar-refractivity contribution in [3.63, 3.8) is 0 Å². The van der Waals surface area contributed by atoms with E-state index < -0.39 is 0 Å². The first-order valence-corrected chi connectivity index (χ1v) is 6.07. The van der Waals surface area contributed by atoms with Crippen LogP contribution in [0.3, 0.4) is 0 Å². The minimum atomic E-state index is 0.189. The number of benzene rings is 1. The van der Waals surface area contributed by atoms with Crippen molar-refractivity contribution in [1.29, 1.82) is 0 Å². The Morgan fingerprint density at radius 1 is 1.35 bits per heavy atom. The number of hydrogen-bond donors (Lipinski definition) is 1. The monoisotopic (exact) mass is 233 g/mol. The minimum absolute atomic E-state index is 0.189. The van der Waals surface area contributed by atoms with Gasteiger partial charge in [0, 0.05) is 31.0 Å². The van der Waals surface area contributed by atoms with Crippen LogP contribution in [0.25, 0.3) is 0 Å². The number of nitrogens with zero attached hydrogens (tertiary/aromatic N) is 3. The fourth-order valence-corrected chi connectivity index (χ4v) is 2.02. The number of likely N-dealkylation sites (N-methyl/N-ethyl adjacent to an activating group) is 1. The molecule has 1 aromatic carbocycles. The van der Waals surface area contributed by atoms with Gasteiger partial charge >= 0.3 is 0 Å². The van der Waals surface area contributed by atoms with Crippen LogP contribution in [0, 0.1) is 0 Å². The van der Waals surface area contributed by atoms with Crippen LogP contribution in [0.15, 0.2) is 29.3 Å². The second-order valence-corrected chi connectivity index (χ2v) is 4.03. The second kappa shape index (κ2) is 5.68. The lowest BCUT2D eigenvalue weighted by Gasteiger charge is -2.23. The maximum atomic E-state index is 8.99. The van der Waals surface area contributed by atoms with E-state index in [0.717, 1.165) is 25.3 Å². The highest BCUT2D eigenvalue weighted by Crippen LogP contribution is 2.20. The van der Waals surface area contributed by atoms with Crippen LogP contribution in [0.5, 0.6) is 0 Å². The molecule has 0 saturated carbocycles. The Bertz CT molecular complexity index is 375. The molecule has 0 amide bonds. The van der Waals surface area contributed by atoms with Crippen molar-refractivity contribution in [3.8, 4) is 0 Å². The van der Waals surface area contributed by atoms with Gasteiger partial charge < -0.3 is 14.9 Å². The topological polar surface area (TPSA) is 39.1 Å². The molecule has 0 spiro atoms. The van der Waals surface area contributed by atoms with Crippen molar-refractivity contribution in [2.75, 3.05) is 42.6 Å². The summed E-state index contributed by atoms with van der Waals surface area (Å²) >= 11 is 0. The van der Waals surface area contributed by atoms with Crippen LogP contribution < -0.4 is 9.80 Å².